The van der Waals surface area contributed by atoms with E-state index in [9.17, 15) is 0 Å². The Kier molecular flexibility index (Phi) is 4.29. The molecule has 1 unspecified atom stereocenters. The molecule has 0 saturated heterocycles. The van der Waals surface area contributed by atoms with Crippen LogP contribution in [0, 0.1) is 6.92 Å². The maximum Gasteiger partial charge on any atom is 0.137 e. The van der Waals surface area contributed by atoms with Gasteiger partial charge in [0.25, 0.3) is 0 Å². The molecule has 6 heteroatoms. The van der Waals surface area contributed by atoms with E-state index < -0.39 is 0 Å². The Morgan fingerprint density at radius 2 is 2.14 bits per heavy atom. The molecular weight excluding hydrogens is 276 g/mol. The van der Waals surface area contributed by atoms with Gasteiger partial charge in [-0.3, -0.25) is 4.68 Å². The quantitative estimate of drug-likeness (QED) is 0.755. The normalized spacial score (nSPS) is 12.5. The van der Waals surface area contributed by atoms with Crippen molar-refractivity contribution in [2.75, 3.05) is 0 Å². The second-order valence-corrected chi connectivity index (χ2v) is 5.37. The van der Waals surface area contributed by atoms with Gasteiger partial charge in [0.05, 0.1) is 12.2 Å². The molecule has 0 aliphatic carbocycles. The number of imidazole rings is 1. The van der Waals surface area contributed by atoms with Gasteiger partial charge in [0.2, 0.25) is 0 Å². The summed E-state index contributed by atoms with van der Waals surface area (Å²) >= 11 is 0. The summed E-state index contributed by atoms with van der Waals surface area (Å²) < 4.78 is 3.95. The van der Waals surface area contributed by atoms with Gasteiger partial charge in [-0.1, -0.05) is 18.2 Å². The van der Waals surface area contributed by atoms with Crippen LogP contribution in [0.2, 0.25) is 0 Å². The first-order valence-electron chi connectivity index (χ1n) is 7.38. The van der Waals surface area contributed by atoms with Crippen molar-refractivity contribution in [2.45, 2.75) is 33.0 Å². The van der Waals surface area contributed by atoms with Crippen LogP contribution in [0.15, 0.2) is 49.3 Å². The van der Waals surface area contributed by atoms with Crippen molar-refractivity contribution in [3.05, 3.63) is 60.7 Å². The molecule has 0 aliphatic rings. The van der Waals surface area contributed by atoms with Gasteiger partial charge in [0, 0.05) is 25.0 Å². The van der Waals surface area contributed by atoms with E-state index in [0.29, 0.717) is 6.04 Å². The van der Waals surface area contributed by atoms with Crippen molar-refractivity contribution < 1.29 is 0 Å². The topological polar surface area (TPSA) is 60.6 Å². The third-order valence-electron chi connectivity index (χ3n) is 3.65. The van der Waals surface area contributed by atoms with E-state index in [0.717, 1.165) is 24.6 Å². The summed E-state index contributed by atoms with van der Waals surface area (Å²) in [6, 6.07) is 8.68. The maximum atomic E-state index is 4.30. The lowest BCUT2D eigenvalue weighted by atomic mass is 10.1. The zero-order chi connectivity index (χ0) is 15.4. The van der Waals surface area contributed by atoms with Gasteiger partial charge >= 0.3 is 0 Å². The molecule has 0 spiro atoms. The molecule has 1 N–H and O–H groups in total. The molecule has 0 radical (unpaired) electrons. The second-order valence-electron chi connectivity index (χ2n) is 5.37. The van der Waals surface area contributed by atoms with E-state index in [2.05, 4.69) is 56.1 Å². The van der Waals surface area contributed by atoms with Crippen molar-refractivity contribution in [3.8, 4) is 5.69 Å². The number of aryl methyl sites for hydroxylation is 1. The minimum absolute atomic E-state index is 0.304. The van der Waals surface area contributed by atoms with Crippen LogP contribution < -0.4 is 5.32 Å². The highest BCUT2D eigenvalue weighted by atomic mass is 15.3. The highest BCUT2D eigenvalue weighted by molar-refractivity contribution is 5.41. The summed E-state index contributed by atoms with van der Waals surface area (Å²) in [7, 11) is 0. The fourth-order valence-corrected chi connectivity index (χ4v) is 2.48. The standard InChI is InChI=1S/C16H20N6/c1-13(10-21-12-17-11-20-21)19-9-15-5-3-4-6-16(15)22-8-7-18-14(22)2/h3-8,11-13,19H,9-10H2,1-2H3. The highest BCUT2D eigenvalue weighted by Gasteiger charge is 2.08. The molecule has 1 atom stereocenters. The Bertz CT molecular complexity index is 716. The van der Waals surface area contributed by atoms with Gasteiger partial charge in [0.15, 0.2) is 0 Å². The van der Waals surface area contributed by atoms with Gasteiger partial charge in [-0.2, -0.15) is 5.10 Å². The number of hydrogen-bond donors (Lipinski definition) is 1. The van der Waals surface area contributed by atoms with Crippen LogP contribution >= 0.6 is 0 Å². The van der Waals surface area contributed by atoms with Crippen molar-refractivity contribution in [2.24, 2.45) is 0 Å². The molecule has 0 saturated carbocycles. The van der Waals surface area contributed by atoms with Crippen LogP contribution in [-0.2, 0) is 13.1 Å². The molecule has 0 fully saturated rings. The third kappa shape index (κ3) is 3.23. The molecule has 3 rings (SSSR count). The molecule has 0 amide bonds. The van der Waals surface area contributed by atoms with E-state index in [1.165, 1.54) is 5.56 Å². The molecule has 3 aromatic rings. The number of rotatable bonds is 6. The number of para-hydroxylation sites is 1. The molecule has 22 heavy (non-hydrogen) atoms. The lowest BCUT2D eigenvalue weighted by Gasteiger charge is -2.16. The smallest absolute Gasteiger partial charge is 0.137 e. The summed E-state index contributed by atoms with van der Waals surface area (Å²) in [5, 5.41) is 7.67. The van der Waals surface area contributed by atoms with E-state index >= 15 is 0 Å². The minimum atomic E-state index is 0.304. The molecule has 2 aromatic heterocycles. The fourth-order valence-electron chi connectivity index (χ4n) is 2.48. The molecule has 0 bridgehead atoms. The highest BCUT2D eigenvalue weighted by Crippen LogP contribution is 2.16. The van der Waals surface area contributed by atoms with Crippen molar-refractivity contribution >= 4 is 0 Å². The van der Waals surface area contributed by atoms with Gasteiger partial charge in [-0.25, -0.2) is 9.97 Å². The van der Waals surface area contributed by atoms with E-state index in [1.807, 2.05) is 24.0 Å². The Morgan fingerprint density at radius 1 is 1.27 bits per heavy atom. The van der Waals surface area contributed by atoms with Crippen molar-refractivity contribution in [1.29, 1.82) is 0 Å². The molecular formula is C16H20N6. The van der Waals surface area contributed by atoms with Gasteiger partial charge in [0.1, 0.15) is 18.5 Å². The minimum Gasteiger partial charge on any atom is -0.308 e. The van der Waals surface area contributed by atoms with E-state index in [-0.39, 0.29) is 0 Å². The average Bonchev–Trinajstić information content (AvgIpc) is 3.17. The van der Waals surface area contributed by atoms with Crippen LogP contribution in [0.1, 0.15) is 18.3 Å². The summed E-state index contributed by atoms with van der Waals surface area (Å²) in [4.78, 5) is 8.27. The Labute approximate surface area is 129 Å². The molecule has 1 aromatic carbocycles. The molecule has 2 heterocycles. The van der Waals surface area contributed by atoms with Crippen LogP contribution in [0.4, 0.5) is 0 Å². The van der Waals surface area contributed by atoms with Crippen LogP contribution in [-0.4, -0.2) is 30.4 Å². The summed E-state index contributed by atoms with van der Waals surface area (Å²) in [5.74, 6) is 0.989. The predicted octanol–water partition coefficient (Wildman–Crippen LogP) is 1.95. The summed E-state index contributed by atoms with van der Waals surface area (Å²) in [6.07, 6.45) is 7.12. The van der Waals surface area contributed by atoms with Gasteiger partial charge in [-0.15, -0.1) is 0 Å². The Hall–Kier alpha value is -2.47. The summed E-state index contributed by atoms with van der Waals surface area (Å²) in [5.41, 5.74) is 2.41. The number of hydrogen-bond acceptors (Lipinski definition) is 4. The number of nitrogens with one attached hydrogen (secondary N) is 1. The average molecular weight is 296 g/mol. The zero-order valence-corrected chi connectivity index (χ0v) is 12.8. The predicted molar refractivity (Wildman–Crippen MR) is 84.6 cm³/mol. The van der Waals surface area contributed by atoms with Crippen LogP contribution in [0.25, 0.3) is 5.69 Å². The first-order valence-corrected chi connectivity index (χ1v) is 7.38. The van der Waals surface area contributed by atoms with Crippen molar-refractivity contribution in [3.63, 3.8) is 0 Å². The lowest BCUT2D eigenvalue weighted by Crippen LogP contribution is -2.30. The molecule has 6 nitrogen and oxygen atoms in total. The first-order chi connectivity index (χ1) is 10.7. The largest absolute Gasteiger partial charge is 0.308 e. The Morgan fingerprint density at radius 3 is 2.86 bits per heavy atom. The second kappa shape index (κ2) is 6.53. The molecule has 114 valence electrons. The van der Waals surface area contributed by atoms with Gasteiger partial charge in [-0.05, 0) is 25.5 Å². The van der Waals surface area contributed by atoms with E-state index in [1.54, 1.807) is 12.7 Å². The summed E-state index contributed by atoms with van der Waals surface area (Å²) in [6.45, 7) is 5.75. The van der Waals surface area contributed by atoms with E-state index in [4.69, 9.17) is 0 Å². The first kappa shape index (κ1) is 14.5. The van der Waals surface area contributed by atoms with Crippen LogP contribution in [0.5, 0.6) is 0 Å². The number of nitrogens with zero attached hydrogens (tertiary/aromatic N) is 5. The SMILES string of the molecule is Cc1nccn1-c1ccccc1CNC(C)Cn1cncn1. The number of benzene rings is 1. The zero-order valence-electron chi connectivity index (χ0n) is 12.8. The fraction of sp³-hybridized carbons (Fsp3) is 0.312. The maximum absolute atomic E-state index is 4.30. The van der Waals surface area contributed by atoms with Gasteiger partial charge < -0.3 is 9.88 Å². The van der Waals surface area contributed by atoms with Crippen molar-refractivity contribution in [1.82, 2.24) is 29.6 Å². The lowest BCUT2D eigenvalue weighted by molar-refractivity contribution is 0.450. The van der Waals surface area contributed by atoms with Crippen LogP contribution in [0.3, 0.4) is 0 Å². The number of aromatic nitrogens is 5. The molecule has 0 aliphatic heterocycles. The Balaban J connectivity index is 1.69. The monoisotopic (exact) mass is 296 g/mol. The third-order valence-corrected chi connectivity index (χ3v) is 3.65.